The van der Waals surface area contributed by atoms with Crippen LogP contribution in [-0.4, -0.2) is 38.3 Å². The van der Waals surface area contributed by atoms with Crippen LogP contribution < -0.4 is 10.1 Å². The van der Waals surface area contributed by atoms with Gasteiger partial charge < -0.3 is 10.1 Å². The number of ether oxygens (including phenoxy) is 1. The van der Waals surface area contributed by atoms with Crippen molar-refractivity contribution in [3.05, 3.63) is 52.5 Å². The Bertz CT molecular complexity index is 1050. The molecule has 2 aromatic rings. The van der Waals surface area contributed by atoms with Crippen molar-refractivity contribution in [2.24, 2.45) is 5.92 Å². The maximum Gasteiger partial charge on any atom is 0.246 e. The molecule has 1 aliphatic heterocycles. The molecule has 0 aromatic heterocycles. The molecule has 8 heteroatoms. The predicted molar refractivity (Wildman–Crippen MR) is 123 cm³/mol. The summed E-state index contributed by atoms with van der Waals surface area (Å²) in [5.41, 5.74) is 2.99. The first-order valence-corrected chi connectivity index (χ1v) is 12.4. The van der Waals surface area contributed by atoms with Gasteiger partial charge in [0.25, 0.3) is 0 Å². The SMILES string of the molecule is CCOc1ccc(Cl)cc1S(=O)(=O)N1CCC(C(=O)Nc2c(C)cccc2CC)CC1. The van der Waals surface area contributed by atoms with Gasteiger partial charge in [0.15, 0.2) is 0 Å². The number of halogens is 1. The maximum atomic E-state index is 13.2. The number of nitrogens with zero attached hydrogens (tertiary/aromatic N) is 1. The number of rotatable bonds is 7. The van der Waals surface area contributed by atoms with Crippen molar-refractivity contribution < 1.29 is 17.9 Å². The quantitative estimate of drug-likeness (QED) is 0.647. The van der Waals surface area contributed by atoms with Crippen LogP contribution in [0.5, 0.6) is 5.75 Å². The predicted octanol–water partition coefficient (Wildman–Crippen LogP) is 4.65. The van der Waals surface area contributed by atoms with E-state index in [0.717, 1.165) is 23.2 Å². The van der Waals surface area contributed by atoms with Crippen molar-refractivity contribution in [1.82, 2.24) is 4.31 Å². The molecule has 6 nitrogen and oxygen atoms in total. The van der Waals surface area contributed by atoms with Crippen LogP contribution in [0, 0.1) is 12.8 Å². The summed E-state index contributed by atoms with van der Waals surface area (Å²) in [6, 6.07) is 10.6. The fourth-order valence-electron chi connectivity index (χ4n) is 3.88. The highest BCUT2D eigenvalue weighted by molar-refractivity contribution is 7.89. The largest absolute Gasteiger partial charge is 0.492 e. The van der Waals surface area contributed by atoms with E-state index < -0.39 is 10.0 Å². The molecule has 0 atom stereocenters. The lowest BCUT2D eigenvalue weighted by atomic mass is 9.96. The Labute approximate surface area is 189 Å². The van der Waals surface area contributed by atoms with Crippen LogP contribution in [0.3, 0.4) is 0 Å². The van der Waals surface area contributed by atoms with Gasteiger partial charge in [-0.25, -0.2) is 8.42 Å². The van der Waals surface area contributed by atoms with Gasteiger partial charge in [-0.15, -0.1) is 0 Å². The summed E-state index contributed by atoms with van der Waals surface area (Å²) in [6.07, 6.45) is 1.75. The summed E-state index contributed by atoms with van der Waals surface area (Å²) in [5.74, 6) is -0.00120. The third-order valence-electron chi connectivity index (χ3n) is 5.64. The average Bonchev–Trinajstić information content (AvgIpc) is 2.76. The summed E-state index contributed by atoms with van der Waals surface area (Å²) in [5, 5.41) is 3.41. The van der Waals surface area contributed by atoms with Crippen molar-refractivity contribution in [3.63, 3.8) is 0 Å². The molecule has 1 fully saturated rings. The fourth-order valence-corrected chi connectivity index (χ4v) is 5.75. The third-order valence-corrected chi connectivity index (χ3v) is 7.79. The summed E-state index contributed by atoms with van der Waals surface area (Å²) in [7, 11) is -3.77. The van der Waals surface area contributed by atoms with Crippen molar-refractivity contribution in [3.8, 4) is 5.75 Å². The number of carbonyl (C=O) groups excluding carboxylic acids is 1. The number of aryl methyl sites for hydroxylation is 2. The normalized spacial score (nSPS) is 15.6. The minimum Gasteiger partial charge on any atom is -0.492 e. The van der Waals surface area contributed by atoms with Gasteiger partial charge in [-0.2, -0.15) is 4.31 Å². The van der Waals surface area contributed by atoms with E-state index in [1.807, 2.05) is 25.1 Å². The fraction of sp³-hybridized carbons (Fsp3) is 0.435. The van der Waals surface area contributed by atoms with Gasteiger partial charge in [-0.1, -0.05) is 36.7 Å². The molecule has 1 N–H and O–H groups in total. The molecule has 1 saturated heterocycles. The molecule has 31 heavy (non-hydrogen) atoms. The van der Waals surface area contributed by atoms with Gasteiger partial charge in [0, 0.05) is 29.7 Å². The summed E-state index contributed by atoms with van der Waals surface area (Å²) >= 11 is 6.05. The number of nitrogens with one attached hydrogen (secondary N) is 1. The minimum absolute atomic E-state index is 0.0567. The van der Waals surface area contributed by atoms with E-state index in [1.165, 1.54) is 10.4 Å². The van der Waals surface area contributed by atoms with E-state index in [2.05, 4.69) is 12.2 Å². The van der Waals surface area contributed by atoms with Gasteiger partial charge in [-0.05, 0) is 62.4 Å². The third kappa shape index (κ3) is 5.22. The lowest BCUT2D eigenvalue weighted by molar-refractivity contribution is -0.120. The molecule has 0 bridgehead atoms. The van der Waals surface area contributed by atoms with Gasteiger partial charge in [0.05, 0.1) is 6.61 Å². The Morgan fingerprint density at radius 3 is 2.55 bits per heavy atom. The highest BCUT2D eigenvalue weighted by Crippen LogP contribution is 2.32. The second kappa shape index (κ2) is 10.0. The van der Waals surface area contributed by atoms with Crippen molar-refractivity contribution in [2.75, 3.05) is 25.0 Å². The zero-order valence-corrected chi connectivity index (χ0v) is 19.7. The number of piperidine rings is 1. The number of anilines is 1. The molecule has 0 radical (unpaired) electrons. The number of benzene rings is 2. The molecular formula is C23H29ClN2O4S. The smallest absolute Gasteiger partial charge is 0.246 e. The van der Waals surface area contributed by atoms with Crippen LogP contribution in [0.2, 0.25) is 5.02 Å². The lowest BCUT2D eigenvalue weighted by Gasteiger charge is -2.31. The number of sulfonamides is 1. The zero-order chi connectivity index (χ0) is 22.6. The van der Waals surface area contributed by atoms with Crippen LogP contribution in [-0.2, 0) is 21.2 Å². The highest BCUT2D eigenvalue weighted by Gasteiger charge is 2.34. The van der Waals surface area contributed by atoms with E-state index in [-0.39, 0.29) is 29.8 Å². The van der Waals surface area contributed by atoms with Crippen LogP contribution >= 0.6 is 11.6 Å². The monoisotopic (exact) mass is 464 g/mol. The Hall–Kier alpha value is -2.09. The van der Waals surface area contributed by atoms with Crippen LogP contribution in [0.25, 0.3) is 0 Å². The summed E-state index contributed by atoms with van der Waals surface area (Å²) in [6.45, 7) is 6.73. The Kier molecular flexibility index (Phi) is 7.62. The van der Waals surface area contributed by atoms with E-state index in [4.69, 9.17) is 16.3 Å². The number of hydrogen-bond donors (Lipinski definition) is 1. The molecule has 0 unspecified atom stereocenters. The second-order valence-corrected chi connectivity index (χ2v) is 10.00. The van der Waals surface area contributed by atoms with Crippen molar-refractivity contribution >= 4 is 33.2 Å². The zero-order valence-electron chi connectivity index (χ0n) is 18.2. The number of para-hydroxylation sites is 1. The average molecular weight is 465 g/mol. The number of carbonyl (C=O) groups is 1. The molecule has 1 heterocycles. The maximum absolute atomic E-state index is 13.2. The molecular weight excluding hydrogens is 436 g/mol. The van der Waals surface area contributed by atoms with Crippen LogP contribution in [0.15, 0.2) is 41.3 Å². The molecule has 0 spiro atoms. The van der Waals surface area contributed by atoms with Crippen molar-refractivity contribution in [2.45, 2.75) is 44.9 Å². The molecule has 168 valence electrons. The molecule has 3 rings (SSSR count). The Balaban J connectivity index is 1.71. The van der Waals surface area contributed by atoms with Gasteiger partial charge in [-0.3, -0.25) is 4.79 Å². The topological polar surface area (TPSA) is 75.7 Å². The Morgan fingerprint density at radius 1 is 1.19 bits per heavy atom. The first kappa shape index (κ1) is 23.6. The molecule has 0 aliphatic carbocycles. The van der Waals surface area contributed by atoms with E-state index >= 15 is 0 Å². The summed E-state index contributed by atoms with van der Waals surface area (Å²) < 4.78 is 33.3. The molecule has 0 saturated carbocycles. The molecule has 2 aromatic carbocycles. The Morgan fingerprint density at radius 2 is 1.90 bits per heavy atom. The van der Waals surface area contributed by atoms with E-state index in [1.54, 1.807) is 19.1 Å². The standard InChI is InChI=1S/C23H29ClN2O4S/c1-4-17-8-6-7-16(3)22(17)25-23(27)18-11-13-26(14-12-18)31(28,29)21-15-19(24)9-10-20(21)30-5-2/h6-10,15,18H,4-5,11-14H2,1-3H3,(H,25,27). The van der Waals surface area contributed by atoms with Gasteiger partial charge in [0.2, 0.25) is 15.9 Å². The van der Waals surface area contributed by atoms with Crippen LogP contribution in [0.1, 0.15) is 37.8 Å². The van der Waals surface area contributed by atoms with Gasteiger partial charge in [0.1, 0.15) is 10.6 Å². The number of hydrogen-bond acceptors (Lipinski definition) is 4. The highest BCUT2D eigenvalue weighted by atomic mass is 35.5. The first-order chi connectivity index (χ1) is 14.8. The van der Waals surface area contributed by atoms with Gasteiger partial charge >= 0.3 is 0 Å². The molecule has 1 amide bonds. The number of amides is 1. The first-order valence-electron chi connectivity index (χ1n) is 10.6. The van der Waals surface area contributed by atoms with Crippen molar-refractivity contribution in [1.29, 1.82) is 0 Å². The molecule has 1 aliphatic rings. The van der Waals surface area contributed by atoms with E-state index in [0.29, 0.717) is 30.2 Å². The van der Waals surface area contributed by atoms with Crippen LogP contribution in [0.4, 0.5) is 5.69 Å². The minimum atomic E-state index is -3.77. The lowest BCUT2D eigenvalue weighted by Crippen LogP contribution is -2.41. The van der Waals surface area contributed by atoms with E-state index in [9.17, 15) is 13.2 Å². The summed E-state index contributed by atoms with van der Waals surface area (Å²) in [4.78, 5) is 12.9. The second-order valence-electron chi connectivity index (χ2n) is 7.65.